The van der Waals surface area contributed by atoms with Gasteiger partial charge in [-0.25, -0.2) is 4.98 Å². The van der Waals surface area contributed by atoms with Gasteiger partial charge in [0, 0.05) is 24.5 Å². The van der Waals surface area contributed by atoms with Gasteiger partial charge in [0.2, 0.25) is 0 Å². The standard InChI is InChI=1S/C20H14F3N3/c21-20(22,23)16-9-7-14(8-10-16)13-26-18-6-2-1-5-17(18)25-19(26)15-4-3-11-24-12-15/h1-12H,13H2. The lowest BCUT2D eigenvalue weighted by atomic mass is 10.1. The van der Waals surface area contributed by atoms with Crippen molar-refractivity contribution in [1.82, 2.24) is 14.5 Å². The first kappa shape index (κ1) is 16.3. The molecule has 4 rings (SSSR count). The Morgan fingerprint density at radius 1 is 0.885 bits per heavy atom. The molecule has 130 valence electrons. The molecule has 0 N–H and O–H groups in total. The maximum atomic E-state index is 12.8. The van der Waals surface area contributed by atoms with E-state index in [1.165, 1.54) is 12.1 Å². The van der Waals surface area contributed by atoms with Crippen LogP contribution in [0.5, 0.6) is 0 Å². The lowest BCUT2D eigenvalue weighted by Gasteiger charge is -2.11. The Bertz CT molecular complexity index is 1040. The molecule has 0 spiro atoms. The van der Waals surface area contributed by atoms with Crippen molar-refractivity contribution in [3.8, 4) is 11.4 Å². The van der Waals surface area contributed by atoms with E-state index in [9.17, 15) is 13.2 Å². The fraction of sp³-hybridized carbons (Fsp3) is 0.100. The van der Waals surface area contributed by atoms with Crippen LogP contribution in [0.25, 0.3) is 22.4 Å². The van der Waals surface area contributed by atoms with Crippen molar-refractivity contribution in [3.63, 3.8) is 0 Å². The largest absolute Gasteiger partial charge is 0.416 e. The first-order chi connectivity index (χ1) is 12.5. The van der Waals surface area contributed by atoms with Gasteiger partial charge >= 0.3 is 6.18 Å². The second-order valence-corrected chi connectivity index (χ2v) is 5.95. The normalized spacial score (nSPS) is 11.8. The molecular weight excluding hydrogens is 339 g/mol. The number of benzene rings is 2. The summed E-state index contributed by atoms with van der Waals surface area (Å²) in [5, 5.41) is 0. The average Bonchev–Trinajstić information content (AvgIpc) is 3.01. The molecule has 0 bridgehead atoms. The zero-order valence-corrected chi connectivity index (χ0v) is 13.6. The maximum absolute atomic E-state index is 12.8. The fourth-order valence-electron chi connectivity index (χ4n) is 2.93. The molecule has 3 nitrogen and oxygen atoms in total. The highest BCUT2D eigenvalue weighted by atomic mass is 19.4. The lowest BCUT2D eigenvalue weighted by Crippen LogP contribution is -2.06. The fourth-order valence-corrected chi connectivity index (χ4v) is 2.93. The minimum atomic E-state index is -4.33. The van der Waals surface area contributed by atoms with Gasteiger partial charge in [0.25, 0.3) is 0 Å². The smallest absolute Gasteiger partial charge is 0.319 e. The molecular formula is C20H14F3N3. The van der Waals surface area contributed by atoms with Gasteiger partial charge in [-0.3, -0.25) is 4.98 Å². The van der Waals surface area contributed by atoms with Crippen molar-refractivity contribution in [1.29, 1.82) is 0 Å². The van der Waals surface area contributed by atoms with Crippen LogP contribution in [-0.4, -0.2) is 14.5 Å². The zero-order chi connectivity index (χ0) is 18.1. The Labute approximate surface area is 147 Å². The van der Waals surface area contributed by atoms with Crippen molar-refractivity contribution in [2.24, 2.45) is 0 Å². The van der Waals surface area contributed by atoms with E-state index in [0.717, 1.165) is 40.1 Å². The summed E-state index contributed by atoms with van der Waals surface area (Å²) in [5.41, 5.74) is 2.73. The number of alkyl halides is 3. The molecule has 0 aliphatic rings. The number of para-hydroxylation sites is 2. The molecule has 2 aromatic heterocycles. The highest BCUT2D eigenvalue weighted by Crippen LogP contribution is 2.30. The third-order valence-electron chi connectivity index (χ3n) is 4.20. The number of hydrogen-bond acceptors (Lipinski definition) is 2. The minimum absolute atomic E-state index is 0.420. The van der Waals surface area contributed by atoms with Crippen LogP contribution in [-0.2, 0) is 12.7 Å². The first-order valence-corrected chi connectivity index (χ1v) is 8.04. The van der Waals surface area contributed by atoms with Crippen LogP contribution < -0.4 is 0 Å². The number of hydrogen-bond donors (Lipinski definition) is 0. The molecule has 0 aliphatic carbocycles. The highest BCUT2D eigenvalue weighted by Gasteiger charge is 2.30. The van der Waals surface area contributed by atoms with Crippen LogP contribution >= 0.6 is 0 Å². The van der Waals surface area contributed by atoms with Crippen LogP contribution in [0.15, 0.2) is 73.1 Å². The number of rotatable bonds is 3. The van der Waals surface area contributed by atoms with Crippen molar-refractivity contribution in [2.45, 2.75) is 12.7 Å². The van der Waals surface area contributed by atoms with Crippen LogP contribution in [0.3, 0.4) is 0 Å². The Hall–Kier alpha value is -3.15. The molecule has 0 saturated carbocycles. The summed E-state index contributed by atoms with van der Waals surface area (Å²) in [6, 6.07) is 16.7. The summed E-state index contributed by atoms with van der Waals surface area (Å²) in [5.74, 6) is 0.735. The van der Waals surface area contributed by atoms with Gasteiger partial charge in [-0.2, -0.15) is 13.2 Å². The minimum Gasteiger partial charge on any atom is -0.319 e. The number of halogens is 3. The van der Waals surface area contributed by atoms with Crippen LogP contribution in [0.1, 0.15) is 11.1 Å². The number of imidazole rings is 1. The van der Waals surface area contributed by atoms with Gasteiger partial charge in [-0.05, 0) is 42.0 Å². The molecule has 0 aliphatic heterocycles. The van der Waals surface area contributed by atoms with E-state index in [4.69, 9.17) is 0 Å². The third-order valence-corrected chi connectivity index (χ3v) is 4.20. The van der Waals surface area contributed by atoms with E-state index >= 15 is 0 Å². The summed E-state index contributed by atoms with van der Waals surface area (Å²) >= 11 is 0. The summed E-state index contributed by atoms with van der Waals surface area (Å²) in [6.45, 7) is 0.420. The predicted octanol–water partition coefficient (Wildman–Crippen LogP) is 5.17. The Morgan fingerprint density at radius 3 is 2.35 bits per heavy atom. The quantitative estimate of drug-likeness (QED) is 0.509. The average molecular weight is 353 g/mol. The van der Waals surface area contributed by atoms with Crippen LogP contribution in [0.4, 0.5) is 13.2 Å². The number of fused-ring (bicyclic) bond motifs is 1. The molecule has 0 radical (unpaired) electrons. The third kappa shape index (κ3) is 3.06. The molecule has 0 fully saturated rings. The molecule has 0 saturated heterocycles. The second kappa shape index (κ2) is 6.29. The van der Waals surface area contributed by atoms with Crippen molar-refractivity contribution in [2.75, 3.05) is 0 Å². The van der Waals surface area contributed by atoms with Crippen LogP contribution in [0.2, 0.25) is 0 Å². The molecule has 6 heteroatoms. The van der Waals surface area contributed by atoms with E-state index in [0.29, 0.717) is 6.54 Å². The van der Waals surface area contributed by atoms with Gasteiger partial charge in [-0.1, -0.05) is 24.3 Å². The van der Waals surface area contributed by atoms with Crippen molar-refractivity contribution < 1.29 is 13.2 Å². The van der Waals surface area contributed by atoms with Crippen LogP contribution in [0, 0.1) is 0 Å². The molecule has 2 heterocycles. The highest BCUT2D eigenvalue weighted by molar-refractivity contribution is 5.80. The summed E-state index contributed by atoms with van der Waals surface area (Å²) in [6.07, 6.45) is -0.919. The number of aromatic nitrogens is 3. The SMILES string of the molecule is FC(F)(F)c1ccc(Cn2c(-c3cccnc3)nc3ccccc32)cc1. The van der Waals surface area contributed by atoms with Gasteiger partial charge < -0.3 is 4.57 Å². The molecule has 0 amide bonds. The van der Waals surface area contributed by atoms with E-state index in [-0.39, 0.29) is 0 Å². The van der Waals surface area contributed by atoms with E-state index in [1.807, 2.05) is 41.0 Å². The van der Waals surface area contributed by atoms with Gasteiger partial charge in [-0.15, -0.1) is 0 Å². The monoisotopic (exact) mass is 353 g/mol. The second-order valence-electron chi connectivity index (χ2n) is 5.95. The number of pyridine rings is 1. The molecule has 26 heavy (non-hydrogen) atoms. The van der Waals surface area contributed by atoms with Gasteiger partial charge in [0.1, 0.15) is 5.82 Å². The molecule has 4 aromatic rings. The summed E-state index contributed by atoms with van der Waals surface area (Å²) < 4.78 is 40.3. The molecule has 2 aromatic carbocycles. The first-order valence-electron chi connectivity index (χ1n) is 8.04. The molecule has 0 atom stereocenters. The van der Waals surface area contributed by atoms with Gasteiger partial charge in [0.15, 0.2) is 0 Å². The van der Waals surface area contributed by atoms with Crippen molar-refractivity contribution in [3.05, 3.63) is 84.2 Å². The van der Waals surface area contributed by atoms with Crippen molar-refractivity contribution >= 4 is 11.0 Å². The zero-order valence-electron chi connectivity index (χ0n) is 13.6. The number of nitrogens with zero attached hydrogens (tertiary/aromatic N) is 3. The Kier molecular flexibility index (Phi) is 3.95. The summed E-state index contributed by atoms with van der Waals surface area (Å²) in [4.78, 5) is 8.82. The van der Waals surface area contributed by atoms with Gasteiger partial charge in [0.05, 0.1) is 16.6 Å². The van der Waals surface area contributed by atoms with E-state index in [1.54, 1.807) is 12.4 Å². The summed E-state index contributed by atoms with van der Waals surface area (Å²) in [7, 11) is 0. The Balaban J connectivity index is 1.78. The predicted molar refractivity (Wildman–Crippen MR) is 93.5 cm³/mol. The molecule has 0 unspecified atom stereocenters. The van der Waals surface area contributed by atoms with E-state index in [2.05, 4.69) is 9.97 Å². The topological polar surface area (TPSA) is 30.7 Å². The lowest BCUT2D eigenvalue weighted by molar-refractivity contribution is -0.137. The van der Waals surface area contributed by atoms with E-state index < -0.39 is 11.7 Å². The maximum Gasteiger partial charge on any atom is 0.416 e. The Morgan fingerprint density at radius 2 is 1.65 bits per heavy atom.